The Morgan fingerprint density at radius 1 is 1.25 bits per heavy atom. The van der Waals surface area contributed by atoms with Crippen molar-refractivity contribution in [1.29, 1.82) is 0 Å². The molecule has 0 aliphatic carbocycles. The Bertz CT molecular complexity index is 360. The lowest BCUT2D eigenvalue weighted by molar-refractivity contribution is 0.209. The van der Waals surface area contributed by atoms with Crippen LogP contribution in [0, 0.1) is 0 Å². The first-order chi connectivity index (χ1) is 7.59. The van der Waals surface area contributed by atoms with Crippen molar-refractivity contribution in [3.8, 4) is 0 Å². The Morgan fingerprint density at radius 3 is 2.50 bits per heavy atom. The highest BCUT2D eigenvalue weighted by Crippen LogP contribution is 2.19. The summed E-state index contributed by atoms with van der Waals surface area (Å²) in [5.74, 6) is 0.275. The molecule has 2 rings (SSSR count). The molecular formula is C10H18N2O3S. The number of carbonyl (C=O) groups excluding carboxylic acids is 1. The second-order valence-electron chi connectivity index (χ2n) is 4.51. The van der Waals surface area contributed by atoms with E-state index in [0.29, 0.717) is 6.42 Å². The van der Waals surface area contributed by atoms with Gasteiger partial charge in [0.05, 0.1) is 11.0 Å². The average Bonchev–Trinajstić information content (AvgIpc) is 2.83. The fourth-order valence-electron chi connectivity index (χ4n) is 2.32. The first-order valence-corrected chi connectivity index (χ1v) is 7.55. The fourth-order valence-corrected chi connectivity index (χ4v) is 4.09. The minimum Gasteiger partial charge on any atom is -0.337 e. The Labute approximate surface area is 96.1 Å². The van der Waals surface area contributed by atoms with Gasteiger partial charge in [-0.05, 0) is 25.7 Å². The van der Waals surface area contributed by atoms with Crippen molar-refractivity contribution in [1.82, 2.24) is 10.2 Å². The summed E-state index contributed by atoms with van der Waals surface area (Å²) in [6.45, 7) is 1.87. The number of nitrogens with zero attached hydrogens (tertiary/aromatic N) is 1. The zero-order valence-electron chi connectivity index (χ0n) is 9.31. The highest BCUT2D eigenvalue weighted by Gasteiger charge is 2.31. The summed E-state index contributed by atoms with van der Waals surface area (Å²) in [7, 11) is -2.94. The maximum atomic E-state index is 11.6. The molecule has 92 valence electrons. The largest absolute Gasteiger partial charge is 0.337 e. The third-order valence-corrected chi connectivity index (χ3v) is 5.61. The molecule has 0 aromatic rings. The van der Waals surface area contributed by atoms with Gasteiger partial charge in [0.2, 0.25) is 0 Å². The first kappa shape index (κ1) is 11.7. The number of carbonyl (C=O) groups is 1. The molecule has 6 heteroatoms. The highest BCUT2D eigenvalue weighted by molar-refractivity contribution is 7.92. The summed E-state index contributed by atoms with van der Waals surface area (Å²) in [5, 5.41) is 2.37. The Morgan fingerprint density at radius 2 is 1.94 bits per heavy atom. The molecule has 2 aliphatic heterocycles. The minimum atomic E-state index is -2.94. The summed E-state index contributed by atoms with van der Waals surface area (Å²) >= 11 is 0. The molecule has 1 unspecified atom stereocenters. The van der Waals surface area contributed by atoms with E-state index in [4.69, 9.17) is 0 Å². The predicted octanol–water partition coefficient (Wildman–Crippen LogP) is 0.369. The normalized spacial score (nSPS) is 28.2. The van der Waals surface area contributed by atoms with Gasteiger partial charge < -0.3 is 10.2 Å². The molecule has 0 saturated carbocycles. The number of hydrogen-bond acceptors (Lipinski definition) is 3. The lowest BCUT2D eigenvalue weighted by Crippen LogP contribution is -2.42. The third kappa shape index (κ3) is 2.48. The van der Waals surface area contributed by atoms with Crippen molar-refractivity contribution in [3.05, 3.63) is 0 Å². The molecule has 16 heavy (non-hydrogen) atoms. The van der Waals surface area contributed by atoms with E-state index in [1.54, 1.807) is 4.90 Å². The van der Waals surface area contributed by atoms with E-state index in [9.17, 15) is 13.2 Å². The van der Waals surface area contributed by atoms with E-state index in [-0.39, 0.29) is 23.6 Å². The van der Waals surface area contributed by atoms with Crippen molar-refractivity contribution >= 4 is 15.9 Å². The molecule has 5 nitrogen and oxygen atoms in total. The smallest absolute Gasteiger partial charge is 0.317 e. The molecule has 2 amide bonds. The standard InChI is InChI=1S/C10H18N2O3S/c13-10(12-5-1-2-6-12)11-8-9-4-3-7-16(9,14)15/h9H,1-8H2,(H,11,13). The molecule has 2 aliphatic rings. The van der Waals surface area contributed by atoms with E-state index in [2.05, 4.69) is 5.32 Å². The van der Waals surface area contributed by atoms with Crippen LogP contribution in [0.25, 0.3) is 0 Å². The van der Waals surface area contributed by atoms with Crippen molar-refractivity contribution < 1.29 is 13.2 Å². The van der Waals surface area contributed by atoms with Crippen LogP contribution in [-0.2, 0) is 9.84 Å². The molecule has 1 atom stereocenters. The Kier molecular flexibility index (Phi) is 3.37. The van der Waals surface area contributed by atoms with Crippen LogP contribution in [0.5, 0.6) is 0 Å². The van der Waals surface area contributed by atoms with E-state index >= 15 is 0 Å². The third-order valence-electron chi connectivity index (χ3n) is 3.34. The maximum absolute atomic E-state index is 11.6. The zero-order valence-corrected chi connectivity index (χ0v) is 10.1. The number of hydrogen-bond donors (Lipinski definition) is 1. The summed E-state index contributed by atoms with van der Waals surface area (Å²) in [6, 6.07) is -0.111. The topological polar surface area (TPSA) is 66.5 Å². The van der Waals surface area contributed by atoms with Gasteiger partial charge in [-0.25, -0.2) is 13.2 Å². The monoisotopic (exact) mass is 246 g/mol. The van der Waals surface area contributed by atoms with Gasteiger partial charge >= 0.3 is 6.03 Å². The van der Waals surface area contributed by atoms with Crippen LogP contribution in [0.1, 0.15) is 25.7 Å². The van der Waals surface area contributed by atoms with Gasteiger partial charge in [0, 0.05) is 19.6 Å². The number of nitrogens with one attached hydrogen (secondary N) is 1. The van der Waals surface area contributed by atoms with Crippen LogP contribution in [0.4, 0.5) is 4.79 Å². The average molecular weight is 246 g/mol. The first-order valence-electron chi connectivity index (χ1n) is 5.84. The summed E-state index contributed by atoms with van der Waals surface area (Å²) in [4.78, 5) is 13.4. The van der Waals surface area contributed by atoms with E-state index in [0.717, 1.165) is 32.4 Å². The van der Waals surface area contributed by atoms with Crippen molar-refractivity contribution in [2.45, 2.75) is 30.9 Å². The van der Waals surface area contributed by atoms with Gasteiger partial charge in [0.25, 0.3) is 0 Å². The maximum Gasteiger partial charge on any atom is 0.317 e. The predicted molar refractivity (Wildman–Crippen MR) is 61.0 cm³/mol. The van der Waals surface area contributed by atoms with Gasteiger partial charge in [0.15, 0.2) is 9.84 Å². The summed E-state index contributed by atoms with van der Waals surface area (Å²) in [6.07, 6.45) is 3.51. The zero-order chi connectivity index (χ0) is 11.6. The molecule has 0 bridgehead atoms. The lowest BCUT2D eigenvalue weighted by atomic mass is 10.2. The van der Waals surface area contributed by atoms with Crippen molar-refractivity contribution in [2.24, 2.45) is 0 Å². The SMILES string of the molecule is O=C(NCC1CCCS1(=O)=O)N1CCCC1. The van der Waals surface area contributed by atoms with Gasteiger partial charge in [-0.1, -0.05) is 0 Å². The van der Waals surface area contributed by atoms with Gasteiger partial charge in [-0.2, -0.15) is 0 Å². The second kappa shape index (κ2) is 4.61. The van der Waals surface area contributed by atoms with Crippen LogP contribution in [0.3, 0.4) is 0 Å². The number of rotatable bonds is 2. The van der Waals surface area contributed by atoms with Gasteiger partial charge in [-0.15, -0.1) is 0 Å². The van der Waals surface area contributed by atoms with Crippen molar-refractivity contribution in [3.63, 3.8) is 0 Å². The van der Waals surface area contributed by atoms with Crippen LogP contribution in [0.15, 0.2) is 0 Å². The number of amides is 2. The molecule has 0 radical (unpaired) electrons. The van der Waals surface area contributed by atoms with E-state index < -0.39 is 9.84 Å². The van der Waals surface area contributed by atoms with Gasteiger partial charge in [0.1, 0.15) is 0 Å². The molecule has 2 fully saturated rings. The van der Waals surface area contributed by atoms with Crippen molar-refractivity contribution in [2.75, 3.05) is 25.4 Å². The highest BCUT2D eigenvalue weighted by atomic mass is 32.2. The van der Waals surface area contributed by atoms with Crippen LogP contribution in [0.2, 0.25) is 0 Å². The molecule has 1 N–H and O–H groups in total. The molecule has 2 saturated heterocycles. The molecule has 0 spiro atoms. The molecule has 2 heterocycles. The lowest BCUT2D eigenvalue weighted by Gasteiger charge is -2.17. The number of urea groups is 1. The molecular weight excluding hydrogens is 228 g/mol. The Balaban J connectivity index is 1.81. The minimum absolute atomic E-state index is 0.111. The Hall–Kier alpha value is -0.780. The second-order valence-corrected chi connectivity index (χ2v) is 6.91. The van der Waals surface area contributed by atoms with Gasteiger partial charge in [-0.3, -0.25) is 0 Å². The summed E-state index contributed by atoms with van der Waals surface area (Å²) < 4.78 is 23.1. The number of sulfone groups is 1. The van der Waals surface area contributed by atoms with Crippen LogP contribution >= 0.6 is 0 Å². The van der Waals surface area contributed by atoms with E-state index in [1.165, 1.54) is 0 Å². The van der Waals surface area contributed by atoms with E-state index in [1.807, 2.05) is 0 Å². The van der Waals surface area contributed by atoms with Crippen LogP contribution in [-0.4, -0.2) is 50.0 Å². The van der Waals surface area contributed by atoms with Crippen LogP contribution < -0.4 is 5.32 Å². The summed E-state index contributed by atoms with van der Waals surface area (Å²) in [5.41, 5.74) is 0. The molecule has 0 aromatic carbocycles. The fraction of sp³-hybridized carbons (Fsp3) is 0.900. The molecule has 0 aromatic heterocycles. The quantitative estimate of drug-likeness (QED) is 0.765. The number of likely N-dealkylation sites (tertiary alicyclic amines) is 1.